The highest BCUT2D eigenvalue weighted by Gasteiger charge is 2.27. The van der Waals surface area contributed by atoms with Gasteiger partial charge in [0.15, 0.2) is 0 Å². The molecule has 0 saturated heterocycles. The molecule has 0 aliphatic heterocycles. The Balaban J connectivity index is 2.01. The second kappa shape index (κ2) is 7.22. The molecule has 0 spiro atoms. The molecule has 0 saturated carbocycles. The fourth-order valence-corrected chi connectivity index (χ4v) is 4.85. The zero-order valence-electron chi connectivity index (χ0n) is 13.3. The maximum Gasteiger partial charge on any atom is 0.320 e. The molecule has 3 aromatic rings. The fraction of sp³-hybridized carbons (Fsp3) is 0.188. The van der Waals surface area contributed by atoms with E-state index in [1.807, 2.05) is 0 Å². The van der Waals surface area contributed by atoms with Crippen LogP contribution in [0.25, 0.3) is 11.0 Å². The largest absolute Gasteiger partial charge is 0.320 e. The van der Waals surface area contributed by atoms with E-state index < -0.39 is 22.6 Å². The van der Waals surface area contributed by atoms with E-state index in [9.17, 15) is 17.2 Å². The van der Waals surface area contributed by atoms with Gasteiger partial charge in [0, 0.05) is 4.47 Å². The molecule has 2 aromatic carbocycles. The van der Waals surface area contributed by atoms with Crippen molar-refractivity contribution in [2.75, 3.05) is 0 Å². The maximum atomic E-state index is 13.5. The number of nitrogens with one attached hydrogen (secondary N) is 1. The summed E-state index contributed by atoms with van der Waals surface area (Å²) in [4.78, 5) is 4.02. The Morgan fingerprint density at radius 2 is 1.92 bits per heavy atom. The number of alkyl halides is 2. The van der Waals surface area contributed by atoms with Crippen LogP contribution >= 0.6 is 27.5 Å². The lowest BCUT2D eigenvalue weighted by atomic mass is 10.3. The minimum absolute atomic E-state index is 0.0152. The zero-order chi connectivity index (χ0) is 19.1. The Morgan fingerprint density at radius 1 is 1.23 bits per heavy atom. The van der Waals surface area contributed by atoms with Crippen LogP contribution in [0.2, 0.25) is 5.02 Å². The summed E-state index contributed by atoms with van der Waals surface area (Å²) in [5.74, 6) is -0.0852. The van der Waals surface area contributed by atoms with Crippen molar-refractivity contribution in [2.24, 2.45) is 0 Å². The van der Waals surface area contributed by atoms with Crippen LogP contribution < -0.4 is 4.72 Å². The summed E-state index contributed by atoms with van der Waals surface area (Å²) in [7, 11) is -4.04. The van der Waals surface area contributed by atoms with Gasteiger partial charge in [-0.3, -0.25) is 4.57 Å². The quantitative estimate of drug-likeness (QED) is 0.585. The van der Waals surface area contributed by atoms with E-state index in [1.165, 1.54) is 31.2 Å². The molecule has 0 aliphatic carbocycles. The number of nitrogens with zero attached hydrogens (tertiary/aromatic N) is 2. The van der Waals surface area contributed by atoms with Gasteiger partial charge in [-0.25, -0.2) is 18.1 Å². The normalized spacial score (nSPS) is 13.5. The average molecular weight is 465 g/mol. The smallest absolute Gasteiger partial charge is 0.269 e. The van der Waals surface area contributed by atoms with Crippen molar-refractivity contribution in [3.63, 3.8) is 0 Å². The summed E-state index contributed by atoms with van der Waals surface area (Å²) in [6.45, 7) is -1.41. The van der Waals surface area contributed by atoms with Crippen molar-refractivity contribution in [1.29, 1.82) is 0 Å². The molecule has 1 heterocycles. The van der Waals surface area contributed by atoms with E-state index in [4.69, 9.17) is 11.6 Å². The predicted octanol–water partition coefficient (Wildman–Crippen LogP) is 4.89. The van der Waals surface area contributed by atoms with Crippen molar-refractivity contribution in [3.8, 4) is 0 Å². The van der Waals surface area contributed by atoms with E-state index in [0.29, 0.717) is 14.6 Å². The minimum Gasteiger partial charge on any atom is -0.269 e. The summed E-state index contributed by atoms with van der Waals surface area (Å²) in [5.41, 5.74) is 0.584. The Labute approximate surface area is 162 Å². The summed E-state index contributed by atoms with van der Waals surface area (Å²) in [6.07, 6.45) is 0. The SMILES string of the molecule is CC(NS(=O)(=O)c1ccc(Br)cc1Cl)c1nc2ccccc2n1C(F)F. The Bertz CT molecular complexity index is 1070. The van der Waals surface area contributed by atoms with Gasteiger partial charge >= 0.3 is 6.55 Å². The maximum absolute atomic E-state index is 13.5. The summed E-state index contributed by atoms with van der Waals surface area (Å²) < 4.78 is 56.0. The van der Waals surface area contributed by atoms with Gasteiger partial charge in [0.25, 0.3) is 0 Å². The summed E-state index contributed by atoms with van der Waals surface area (Å²) >= 11 is 9.20. The monoisotopic (exact) mass is 463 g/mol. The van der Waals surface area contributed by atoms with Crippen LogP contribution in [0.4, 0.5) is 8.78 Å². The second-order valence-electron chi connectivity index (χ2n) is 5.52. The minimum atomic E-state index is -4.04. The molecule has 1 N–H and O–H groups in total. The highest BCUT2D eigenvalue weighted by molar-refractivity contribution is 9.10. The van der Waals surface area contributed by atoms with E-state index >= 15 is 0 Å². The number of para-hydroxylation sites is 2. The number of halogens is 4. The highest BCUT2D eigenvalue weighted by atomic mass is 79.9. The molecule has 0 bridgehead atoms. The molecule has 1 atom stereocenters. The number of rotatable bonds is 5. The average Bonchev–Trinajstić information content (AvgIpc) is 2.93. The van der Waals surface area contributed by atoms with Crippen LogP contribution in [0, 0.1) is 0 Å². The predicted molar refractivity (Wildman–Crippen MR) is 98.9 cm³/mol. The van der Waals surface area contributed by atoms with Gasteiger partial charge in [-0.15, -0.1) is 0 Å². The molecule has 0 amide bonds. The third-order valence-electron chi connectivity index (χ3n) is 3.72. The first-order valence-electron chi connectivity index (χ1n) is 7.43. The number of benzene rings is 2. The number of hydrogen-bond donors (Lipinski definition) is 1. The van der Waals surface area contributed by atoms with Gasteiger partial charge in [-0.05, 0) is 37.3 Å². The molecule has 0 radical (unpaired) electrons. The van der Waals surface area contributed by atoms with Gasteiger partial charge in [0.05, 0.1) is 22.1 Å². The van der Waals surface area contributed by atoms with Crippen molar-refractivity contribution in [2.45, 2.75) is 24.4 Å². The number of sulfonamides is 1. The van der Waals surface area contributed by atoms with E-state index in [0.717, 1.165) is 0 Å². The lowest BCUT2D eigenvalue weighted by Gasteiger charge is -2.16. The molecule has 5 nitrogen and oxygen atoms in total. The first-order chi connectivity index (χ1) is 12.2. The summed E-state index contributed by atoms with van der Waals surface area (Å²) in [5, 5.41) is 0.0152. The van der Waals surface area contributed by atoms with Crippen LogP contribution in [0.15, 0.2) is 51.8 Å². The van der Waals surface area contributed by atoms with Crippen molar-refractivity contribution >= 4 is 48.6 Å². The van der Waals surface area contributed by atoms with Gasteiger partial charge in [0.2, 0.25) is 10.0 Å². The second-order valence-corrected chi connectivity index (χ2v) is 8.53. The summed E-state index contributed by atoms with van der Waals surface area (Å²) in [6, 6.07) is 9.68. The zero-order valence-corrected chi connectivity index (χ0v) is 16.5. The first-order valence-corrected chi connectivity index (χ1v) is 10.1. The number of hydrogen-bond acceptors (Lipinski definition) is 3. The van der Waals surface area contributed by atoms with Gasteiger partial charge in [0.1, 0.15) is 10.7 Å². The fourth-order valence-electron chi connectivity index (χ4n) is 2.62. The molecule has 0 aliphatic rings. The molecule has 10 heteroatoms. The van der Waals surface area contributed by atoms with Gasteiger partial charge in [-0.1, -0.05) is 39.7 Å². The van der Waals surface area contributed by atoms with Crippen LogP contribution in [0.3, 0.4) is 0 Å². The third kappa shape index (κ3) is 3.62. The number of imidazole rings is 1. The molecular formula is C16H13BrClF2N3O2S. The lowest BCUT2D eigenvalue weighted by Crippen LogP contribution is -2.29. The van der Waals surface area contributed by atoms with Gasteiger partial charge < -0.3 is 0 Å². The lowest BCUT2D eigenvalue weighted by molar-refractivity contribution is 0.0702. The van der Waals surface area contributed by atoms with Crippen molar-refractivity contribution < 1.29 is 17.2 Å². The van der Waals surface area contributed by atoms with Crippen LogP contribution in [-0.2, 0) is 10.0 Å². The van der Waals surface area contributed by atoms with Crippen LogP contribution in [-0.4, -0.2) is 18.0 Å². The molecular weight excluding hydrogens is 452 g/mol. The number of fused-ring (bicyclic) bond motifs is 1. The molecule has 26 heavy (non-hydrogen) atoms. The molecule has 1 aromatic heterocycles. The Hall–Kier alpha value is -1.55. The molecule has 1 unspecified atom stereocenters. The van der Waals surface area contributed by atoms with E-state index in [2.05, 4.69) is 25.6 Å². The third-order valence-corrected chi connectivity index (χ3v) is 6.24. The topological polar surface area (TPSA) is 64.0 Å². The Kier molecular flexibility index (Phi) is 5.34. The van der Waals surface area contributed by atoms with Gasteiger partial charge in [-0.2, -0.15) is 8.78 Å². The Morgan fingerprint density at radius 3 is 2.58 bits per heavy atom. The van der Waals surface area contributed by atoms with Crippen molar-refractivity contribution in [3.05, 3.63) is 57.8 Å². The molecule has 0 fully saturated rings. The van der Waals surface area contributed by atoms with E-state index in [1.54, 1.807) is 18.2 Å². The van der Waals surface area contributed by atoms with Crippen LogP contribution in [0.1, 0.15) is 25.3 Å². The first kappa shape index (κ1) is 19.2. The van der Waals surface area contributed by atoms with Crippen LogP contribution in [0.5, 0.6) is 0 Å². The molecule has 3 rings (SSSR count). The standard InChI is InChI=1S/C16H13BrClF2N3O2S/c1-9(22-26(24,25)14-7-6-10(17)8-11(14)18)15-21-12-4-2-3-5-13(12)23(15)16(19)20/h2-9,16,22H,1H3. The van der Waals surface area contributed by atoms with Crippen molar-refractivity contribution in [1.82, 2.24) is 14.3 Å². The number of aromatic nitrogens is 2. The highest BCUT2D eigenvalue weighted by Crippen LogP contribution is 2.29. The van der Waals surface area contributed by atoms with E-state index in [-0.39, 0.29) is 21.3 Å². The molecule has 138 valence electrons.